The lowest BCUT2D eigenvalue weighted by atomic mass is 10.0. The zero-order chi connectivity index (χ0) is 21.7. The molecule has 0 N–H and O–H groups in total. The molecule has 31 heavy (non-hydrogen) atoms. The van der Waals surface area contributed by atoms with E-state index in [2.05, 4.69) is 4.98 Å². The largest absolute Gasteiger partial charge is 0.337 e. The number of hydrogen-bond acceptors (Lipinski definition) is 5. The van der Waals surface area contributed by atoms with Gasteiger partial charge in [0.25, 0.3) is 11.2 Å². The number of rotatable bonds is 5. The van der Waals surface area contributed by atoms with Gasteiger partial charge in [0.2, 0.25) is 0 Å². The minimum Gasteiger partial charge on any atom is -0.337 e. The first kappa shape index (κ1) is 19.2. The summed E-state index contributed by atoms with van der Waals surface area (Å²) in [5, 5.41) is 12.3. The second kappa shape index (κ2) is 7.17. The Hall–Kier alpha value is -3.78. The number of pyridine rings is 1. The molecule has 9 heteroatoms. The van der Waals surface area contributed by atoms with Crippen LogP contribution >= 0.6 is 11.6 Å². The normalized spacial score (nSPS) is 12.2. The quantitative estimate of drug-likeness (QED) is 0.306. The molecule has 0 fully saturated rings. The highest BCUT2D eigenvalue weighted by atomic mass is 35.5. The van der Waals surface area contributed by atoms with Gasteiger partial charge < -0.3 is 9.13 Å². The van der Waals surface area contributed by atoms with Crippen LogP contribution < -0.4 is 5.56 Å². The third kappa shape index (κ3) is 3.03. The van der Waals surface area contributed by atoms with Crippen molar-refractivity contribution in [2.24, 2.45) is 0 Å². The Morgan fingerprint density at radius 2 is 1.87 bits per heavy atom. The standard InChI is InChI=1S/C22H15ClN4O4/c23-13-2-4-16-17(10-13)21(28)19-15-5-3-14(27(30)31)11-18(15)22(29)26(20(16)19)8-1-7-25-9-6-24-12-25/h2-6,9-12H,1,7-8H2. The van der Waals surface area contributed by atoms with Gasteiger partial charge in [0, 0.05) is 59.2 Å². The third-order valence-electron chi connectivity index (χ3n) is 5.53. The fraction of sp³-hybridized carbons (Fsp3) is 0.136. The zero-order valence-electron chi connectivity index (χ0n) is 16.1. The lowest BCUT2D eigenvalue weighted by molar-refractivity contribution is -0.384. The number of nitrogens with zero attached hydrogens (tertiary/aromatic N) is 4. The zero-order valence-corrected chi connectivity index (χ0v) is 16.9. The number of aryl methyl sites for hydroxylation is 1. The molecule has 0 atom stereocenters. The first-order chi connectivity index (χ1) is 15.0. The van der Waals surface area contributed by atoms with Gasteiger partial charge in [0.05, 0.1) is 27.9 Å². The summed E-state index contributed by atoms with van der Waals surface area (Å²) in [4.78, 5) is 41.4. The van der Waals surface area contributed by atoms with Crippen LogP contribution in [-0.4, -0.2) is 24.8 Å². The Balaban J connectivity index is 1.74. The van der Waals surface area contributed by atoms with E-state index in [-0.39, 0.29) is 22.4 Å². The number of nitro groups is 1. The molecule has 0 radical (unpaired) electrons. The van der Waals surface area contributed by atoms with Crippen LogP contribution in [0, 0.1) is 10.1 Å². The highest BCUT2D eigenvalue weighted by Crippen LogP contribution is 2.40. The van der Waals surface area contributed by atoms with Crippen molar-refractivity contribution in [3.63, 3.8) is 0 Å². The summed E-state index contributed by atoms with van der Waals surface area (Å²) < 4.78 is 3.45. The summed E-state index contributed by atoms with van der Waals surface area (Å²) >= 11 is 6.11. The third-order valence-corrected chi connectivity index (χ3v) is 5.77. The Morgan fingerprint density at radius 3 is 2.61 bits per heavy atom. The number of hydrogen-bond donors (Lipinski definition) is 0. The van der Waals surface area contributed by atoms with Crippen molar-refractivity contribution in [3.05, 3.63) is 91.7 Å². The fourth-order valence-corrected chi connectivity index (χ4v) is 4.32. The van der Waals surface area contributed by atoms with E-state index >= 15 is 0 Å². The molecule has 2 aromatic heterocycles. The average molecular weight is 435 g/mol. The van der Waals surface area contributed by atoms with E-state index in [4.69, 9.17) is 11.6 Å². The number of carbonyl (C=O) groups is 1. The summed E-state index contributed by atoms with van der Waals surface area (Å²) in [5.41, 5.74) is 1.43. The van der Waals surface area contributed by atoms with Crippen LogP contribution in [0.5, 0.6) is 0 Å². The Labute approximate surface area is 180 Å². The van der Waals surface area contributed by atoms with Crippen molar-refractivity contribution >= 4 is 33.8 Å². The van der Waals surface area contributed by atoms with Crippen molar-refractivity contribution < 1.29 is 9.72 Å². The minimum atomic E-state index is -0.550. The van der Waals surface area contributed by atoms with Crippen LogP contribution in [-0.2, 0) is 13.1 Å². The molecule has 0 spiro atoms. The smallest absolute Gasteiger partial charge is 0.270 e. The average Bonchev–Trinajstić information content (AvgIpc) is 3.37. The maximum atomic E-state index is 13.4. The molecule has 1 aliphatic carbocycles. The van der Waals surface area contributed by atoms with Gasteiger partial charge in [-0.3, -0.25) is 19.7 Å². The number of fused-ring (bicyclic) bond motifs is 5. The SMILES string of the molecule is O=C1c2cc(Cl)ccc2-c2c1c1ccc([N+](=O)[O-])cc1c(=O)n2CCCn1ccnc1. The molecule has 5 rings (SSSR count). The molecule has 0 aliphatic heterocycles. The van der Waals surface area contributed by atoms with Crippen LogP contribution in [0.1, 0.15) is 22.3 Å². The van der Waals surface area contributed by atoms with Gasteiger partial charge in [0.1, 0.15) is 0 Å². The van der Waals surface area contributed by atoms with E-state index in [0.29, 0.717) is 52.3 Å². The monoisotopic (exact) mass is 434 g/mol. The molecule has 8 nitrogen and oxygen atoms in total. The number of carbonyl (C=O) groups excluding carboxylic acids is 1. The minimum absolute atomic E-state index is 0.155. The lowest BCUT2D eigenvalue weighted by Crippen LogP contribution is -2.24. The van der Waals surface area contributed by atoms with Gasteiger partial charge in [-0.25, -0.2) is 4.98 Å². The van der Waals surface area contributed by atoms with Crippen molar-refractivity contribution in [1.82, 2.24) is 14.1 Å². The molecular formula is C22H15ClN4O4. The van der Waals surface area contributed by atoms with E-state index in [9.17, 15) is 19.7 Å². The van der Waals surface area contributed by atoms with Crippen molar-refractivity contribution in [2.75, 3.05) is 0 Å². The summed E-state index contributed by atoms with van der Waals surface area (Å²) in [6, 6.07) is 9.06. The molecular weight excluding hydrogens is 420 g/mol. The maximum absolute atomic E-state index is 13.4. The molecule has 0 saturated carbocycles. The maximum Gasteiger partial charge on any atom is 0.270 e. The number of halogens is 1. The van der Waals surface area contributed by atoms with Gasteiger partial charge in [-0.15, -0.1) is 0 Å². The van der Waals surface area contributed by atoms with Gasteiger partial charge in [-0.2, -0.15) is 0 Å². The molecule has 1 aliphatic rings. The molecule has 154 valence electrons. The number of imidazole rings is 1. The van der Waals surface area contributed by atoms with Gasteiger partial charge in [0.15, 0.2) is 5.78 Å². The Morgan fingerprint density at radius 1 is 1.03 bits per heavy atom. The number of non-ortho nitro benzene ring substituents is 1. The Bertz CT molecular complexity index is 1440. The van der Waals surface area contributed by atoms with E-state index in [1.807, 2.05) is 10.8 Å². The molecule has 0 unspecified atom stereocenters. The van der Waals surface area contributed by atoms with Crippen LogP contribution in [0.15, 0.2) is 59.9 Å². The summed E-state index contributed by atoms with van der Waals surface area (Å²) in [6.45, 7) is 0.975. The topological polar surface area (TPSA) is 100 Å². The van der Waals surface area contributed by atoms with Crippen LogP contribution in [0.4, 0.5) is 5.69 Å². The van der Waals surface area contributed by atoms with Crippen LogP contribution in [0.2, 0.25) is 5.02 Å². The van der Waals surface area contributed by atoms with E-state index in [1.54, 1.807) is 35.3 Å². The second-order valence-electron chi connectivity index (χ2n) is 7.34. The van der Waals surface area contributed by atoms with Gasteiger partial charge >= 0.3 is 0 Å². The lowest BCUT2D eigenvalue weighted by Gasteiger charge is -2.15. The summed E-state index contributed by atoms with van der Waals surface area (Å²) in [5.74, 6) is -0.241. The highest BCUT2D eigenvalue weighted by Gasteiger charge is 2.33. The van der Waals surface area contributed by atoms with Crippen molar-refractivity contribution in [2.45, 2.75) is 19.5 Å². The first-order valence-corrected chi connectivity index (χ1v) is 9.99. The van der Waals surface area contributed by atoms with Crippen molar-refractivity contribution in [3.8, 4) is 11.3 Å². The predicted octanol–water partition coefficient (Wildman–Crippen LogP) is 4.06. The fourth-order valence-electron chi connectivity index (χ4n) is 4.15. The van der Waals surface area contributed by atoms with E-state index in [1.165, 1.54) is 18.2 Å². The number of ketones is 1. The van der Waals surface area contributed by atoms with E-state index < -0.39 is 4.92 Å². The van der Waals surface area contributed by atoms with Gasteiger partial charge in [-0.05, 0) is 24.6 Å². The number of aromatic nitrogens is 3. The Kier molecular flexibility index (Phi) is 4.44. The van der Waals surface area contributed by atoms with Crippen molar-refractivity contribution in [1.29, 1.82) is 0 Å². The van der Waals surface area contributed by atoms with Gasteiger partial charge in [-0.1, -0.05) is 17.7 Å². The highest BCUT2D eigenvalue weighted by molar-refractivity contribution is 6.33. The predicted molar refractivity (Wildman–Crippen MR) is 116 cm³/mol. The van der Waals surface area contributed by atoms with Crippen LogP contribution in [0.25, 0.3) is 22.0 Å². The molecule has 0 bridgehead atoms. The summed E-state index contributed by atoms with van der Waals surface area (Å²) in [7, 11) is 0. The molecule has 4 aromatic rings. The number of nitro benzene ring substituents is 1. The second-order valence-corrected chi connectivity index (χ2v) is 7.78. The van der Waals surface area contributed by atoms with Crippen LogP contribution in [0.3, 0.4) is 0 Å². The molecule has 0 saturated heterocycles. The molecule has 0 amide bonds. The number of benzene rings is 2. The molecule has 2 aromatic carbocycles. The summed E-state index contributed by atoms with van der Waals surface area (Å²) in [6.07, 6.45) is 5.81. The first-order valence-electron chi connectivity index (χ1n) is 9.61. The van der Waals surface area contributed by atoms with E-state index in [0.717, 1.165) is 0 Å². The molecule has 2 heterocycles.